The van der Waals surface area contributed by atoms with Gasteiger partial charge in [0.2, 0.25) is 5.91 Å². The Balaban J connectivity index is 2.09. The van der Waals surface area contributed by atoms with Crippen molar-refractivity contribution in [3.05, 3.63) is 29.8 Å². The highest BCUT2D eigenvalue weighted by Gasteiger charge is 2.18. The lowest BCUT2D eigenvalue weighted by atomic mass is 10.1. The summed E-state index contributed by atoms with van der Waals surface area (Å²) >= 11 is 0. The summed E-state index contributed by atoms with van der Waals surface area (Å²) in [6, 6.07) is 2.68. The topological polar surface area (TPSA) is 70.6 Å². The SMILES string of the molecule is O=C1CCC(C(=O)Nc2cc(F)cc(F)c2)=NN1. The minimum atomic E-state index is -0.788. The number of hydrazone groups is 1. The van der Waals surface area contributed by atoms with Crippen LogP contribution < -0.4 is 10.7 Å². The monoisotopic (exact) mass is 253 g/mol. The van der Waals surface area contributed by atoms with E-state index >= 15 is 0 Å². The molecule has 0 aromatic heterocycles. The molecule has 5 nitrogen and oxygen atoms in total. The Morgan fingerprint density at radius 1 is 1.22 bits per heavy atom. The van der Waals surface area contributed by atoms with Crippen LogP contribution in [-0.2, 0) is 9.59 Å². The molecule has 0 saturated carbocycles. The predicted octanol–water partition coefficient (Wildman–Crippen LogP) is 1.17. The molecule has 1 heterocycles. The zero-order valence-corrected chi connectivity index (χ0v) is 9.17. The second-order valence-electron chi connectivity index (χ2n) is 3.71. The number of carbonyl (C=O) groups excluding carboxylic acids is 2. The summed E-state index contributed by atoms with van der Waals surface area (Å²) < 4.78 is 25.8. The number of nitrogens with zero attached hydrogens (tertiary/aromatic N) is 1. The van der Waals surface area contributed by atoms with E-state index in [1.807, 2.05) is 0 Å². The number of halogens is 2. The van der Waals surface area contributed by atoms with Gasteiger partial charge in [-0.15, -0.1) is 0 Å². The van der Waals surface area contributed by atoms with E-state index in [0.29, 0.717) is 6.07 Å². The Bertz CT molecular complexity index is 523. The molecule has 0 radical (unpaired) electrons. The van der Waals surface area contributed by atoms with Gasteiger partial charge in [-0.05, 0) is 12.1 Å². The van der Waals surface area contributed by atoms with Gasteiger partial charge in [-0.3, -0.25) is 9.59 Å². The van der Waals surface area contributed by atoms with Gasteiger partial charge in [-0.25, -0.2) is 14.2 Å². The molecule has 0 fully saturated rings. The van der Waals surface area contributed by atoms with E-state index in [-0.39, 0.29) is 30.1 Å². The fourth-order valence-electron chi connectivity index (χ4n) is 1.47. The lowest BCUT2D eigenvalue weighted by Crippen LogP contribution is -2.32. The summed E-state index contributed by atoms with van der Waals surface area (Å²) in [4.78, 5) is 22.5. The molecule has 0 bridgehead atoms. The summed E-state index contributed by atoms with van der Waals surface area (Å²) in [5.74, 6) is -2.45. The zero-order chi connectivity index (χ0) is 13.1. The highest BCUT2D eigenvalue weighted by molar-refractivity contribution is 6.43. The van der Waals surface area contributed by atoms with Crippen LogP contribution in [0.15, 0.2) is 23.3 Å². The van der Waals surface area contributed by atoms with E-state index in [9.17, 15) is 18.4 Å². The van der Waals surface area contributed by atoms with Crippen molar-refractivity contribution in [1.82, 2.24) is 5.43 Å². The maximum Gasteiger partial charge on any atom is 0.271 e. The summed E-state index contributed by atoms with van der Waals surface area (Å²) in [6.45, 7) is 0. The van der Waals surface area contributed by atoms with Crippen molar-refractivity contribution >= 4 is 23.2 Å². The molecule has 94 valence electrons. The summed E-state index contributed by atoms with van der Waals surface area (Å²) in [6.07, 6.45) is 0.346. The Kier molecular flexibility index (Phi) is 3.31. The zero-order valence-electron chi connectivity index (χ0n) is 9.17. The molecule has 0 saturated heterocycles. The van der Waals surface area contributed by atoms with Crippen molar-refractivity contribution in [2.24, 2.45) is 5.10 Å². The van der Waals surface area contributed by atoms with E-state index in [4.69, 9.17) is 0 Å². The Labute approximate surface area is 101 Å². The number of benzene rings is 1. The van der Waals surface area contributed by atoms with Crippen LogP contribution in [0.1, 0.15) is 12.8 Å². The van der Waals surface area contributed by atoms with E-state index in [2.05, 4.69) is 15.8 Å². The first-order chi connectivity index (χ1) is 8.54. The minimum absolute atomic E-state index is 0.00269. The van der Waals surface area contributed by atoms with Gasteiger partial charge in [0.15, 0.2) is 0 Å². The molecule has 1 aromatic carbocycles. The van der Waals surface area contributed by atoms with Crippen LogP contribution in [0, 0.1) is 11.6 Å². The Morgan fingerprint density at radius 3 is 2.44 bits per heavy atom. The molecule has 1 aliphatic rings. The standard InChI is InChI=1S/C11H9F2N3O2/c12-6-3-7(13)5-8(4-6)14-11(18)9-1-2-10(17)16-15-9/h3-5H,1-2H2,(H,14,18)(H,16,17). The normalized spacial score (nSPS) is 14.8. The molecular formula is C11H9F2N3O2. The molecule has 2 N–H and O–H groups in total. The number of rotatable bonds is 2. The predicted molar refractivity (Wildman–Crippen MR) is 59.8 cm³/mol. The van der Waals surface area contributed by atoms with E-state index in [1.165, 1.54) is 0 Å². The van der Waals surface area contributed by atoms with Gasteiger partial charge >= 0.3 is 0 Å². The Morgan fingerprint density at radius 2 is 1.89 bits per heavy atom. The number of amides is 2. The third-order valence-corrected chi connectivity index (χ3v) is 2.29. The smallest absolute Gasteiger partial charge is 0.271 e. The van der Waals surface area contributed by atoms with Crippen molar-refractivity contribution in [3.63, 3.8) is 0 Å². The summed E-state index contributed by atoms with van der Waals surface area (Å²) in [5.41, 5.74) is 2.27. The average Bonchev–Trinajstić information content (AvgIpc) is 2.28. The molecule has 7 heteroatoms. The molecule has 0 unspecified atom stereocenters. The second-order valence-corrected chi connectivity index (χ2v) is 3.71. The number of hydrogen-bond acceptors (Lipinski definition) is 3. The second kappa shape index (κ2) is 4.91. The molecule has 0 spiro atoms. The van der Waals surface area contributed by atoms with E-state index < -0.39 is 17.5 Å². The van der Waals surface area contributed by atoms with Crippen molar-refractivity contribution < 1.29 is 18.4 Å². The molecule has 2 amide bonds. The maximum atomic E-state index is 12.9. The number of anilines is 1. The molecule has 2 rings (SSSR count). The minimum Gasteiger partial charge on any atom is -0.321 e. The van der Waals surface area contributed by atoms with Crippen LogP contribution in [0.3, 0.4) is 0 Å². The van der Waals surface area contributed by atoms with Crippen LogP contribution in [0.2, 0.25) is 0 Å². The highest BCUT2D eigenvalue weighted by Crippen LogP contribution is 2.13. The first kappa shape index (κ1) is 12.2. The maximum absolute atomic E-state index is 12.9. The van der Waals surface area contributed by atoms with E-state index in [1.54, 1.807) is 0 Å². The fraction of sp³-hybridized carbons (Fsp3) is 0.182. The summed E-state index contributed by atoms with van der Waals surface area (Å²) in [7, 11) is 0. The largest absolute Gasteiger partial charge is 0.321 e. The van der Waals surface area contributed by atoms with Gasteiger partial charge in [-0.2, -0.15) is 5.10 Å². The lowest BCUT2D eigenvalue weighted by molar-refractivity contribution is -0.121. The van der Waals surface area contributed by atoms with Crippen LogP contribution in [-0.4, -0.2) is 17.5 Å². The first-order valence-corrected chi connectivity index (χ1v) is 5.17. The molecule has 18 heavy (non-hydrogen) atoms. The van der Waals surface area contributed by atoms with Gasteiger partial charge in [0.25, 0.3) is 5.91 Å². The molecule has 0 aliphatic carbocycles. The van der Waals surface area contributed by atoms with Crippen LogP contribution in [0.4, 0.5) is 14.5 Å². The van der Waals surface area contributed by atoms with Crippen molar-refractivity contribution in [2.75, 3.05) is 5.32 Å². The van der Waals surface area contributed by atoms with Crippen LogP contribution in [0.25, 0.3) is 0 Å². The van der Waals surface area contributed by atoms with Crippen LogP contribution >= 0.6 is 0 Å². The Hall–Kier alpha value is -2.31. The molecule has 1 aliphatic heterocycles. The fourth-order valence-corrected chi connectivity index (χ4v) is 1.47. The third-order valence-electron chi connectivity index (χ3n) is 2.29. The quantitative estimate of drug-likeness (QED) is 0.830. The van der Waals surface area contributed by atoms with Gasteiger partial charge in [-0.1, -0.05) is 0 Å². The van der Waals surface area contributed by atoms with Gasteiger partial charge < -0.3 is 5.32 Å². The van der Waals surface area contributed by atoms with E-state index in [0.717, 1.165) is 12.1 Å². The number of carbonyl (C=O) groups is 2. The van der Waals surface area contributed by atoms with Crippen molar-refractivity contribution in [2.45, 2.75) is 12.8 Å². The van der Waals surface area contributed by atoms with Gasteiger partial charge in [0, 0.05) is 24.6 Å². The third kappa shape index (κ3) is 2.88. The molecular weight excluding hydrogens is 244 g/mol. The highest BCUT2D eigenvalue weighted by atomic mass is 19.1. The van der Waals surface area contributed by atoms with Gasteiger partial charge in [0.1, 0.15) is 17.3 Å². The molecule has 1 aromatic rings. The first-order valence-electron chi connectivity index (χ1n) is 5.17. The average molecular weight is 253 g/mol. The lowest BCUT2D eigenvalue weighted by Gasteiger charge is -2.12. The number of hydrogen-bond donors (Lipinski definition) is 2. The molecule has 0 atom stereocenters. The van der Waals surface area contributed by atoms with Crippen molar-refractivity contribution in [3.8, 4) is 0 Å². The summed E-state index contributed by atoms with van der Waals surface area (Å²) in [5, 5.41) is 5.88. The number of nitrogens with one attached hydrogen (secondary N) is 2. The van der Waals surface area contributed by atoms with Crippen LogP contribution in [0.5, 0.6) is 0 Å². The van der Waals surface area contributed by atoms with Gasteiger partial charge in [0.05, 0.1) is 0 Å². The van der Waals surface area contributed by atoms with Crippen molar-refractivity contribution in [1.29, 1.82) is 0 Å².